The molecule has 0 saturated carbocycles. The number of anilines is 2. The summed E-state index contributed by atoms with van der Waals surface area (Å²) in [6.07, 6.45) is 0. The first kappa shape index (κ1) is 21.2. The van der Waals surface area contributed by atoms with Gasteiger partial charge in [-0.2, -0.15) is 0 Å². The number of nitrogens with zero attached hydrogens (tertiary/aromatic N) is 2. The Balaban J connectivity index is 1.45. The van der Waals surface area contributed by atoms with Gasteiger partial charge in [0.15, 0.2) is 5.11 Å². The molecule has 1 saturated heterocycles. The highest BCUT2D eigenvalue weighted by atomic mass is 32.1. The molecule has 0 unspecified atom stereocenters. The molecule has 3 aromatic rings. The van der Waals surface area contributed by atoms with E-state index in [1.54, 1.807) is 7.11 Å². The topological polar surface area (TPSA) is 27.7 Å². The Labute approximate surface area is 190 Å². The number of piperazine rings is 1. The highest BCUT2D eigenvalue weighted by Gasteiger charge is 2.21. The molecule has 0 radical (unpaired) electrons. The van der Waals surface area contributed by atoms with Gasteiger partial charge in [0.25, 0.3) is 0 Å². The van der Waals surface area contributed by atoms with Gasteiger partial charge < -0.3 is 19.9 Å². The number of methoxy groups -OCH3 is 1. The molecule has 31 heavy (non-hydrogen) atoms. The molecular weight excluding hydrogens is 402 g/mol. The van der Waals surface area contributed by atoms with E-state index in [4.69, 9.17) is 17.0 Å². The van der Waals surface area contributed by atoms with Crippen molar-refractivity contribution >= 4 is 28.7 Å². The van der Waals surface area contributed by atoms with Crippen LogP contribution in [0, 0.1) is 13.8 Å². The first-order valence-electron chi connectivity index (χ1n) is 10.7. The number of hydrogen-bond acceptors (Lipinski definition) is 3. The predicted octanol–water partition coefficient (Wildman–Crippen LogP) is 5.50. The zero-order chi connectivity index (χ0) is 21.8. The van der Waals surface area contributed by atoms with Crippen molar-refractivity contribution in [1.82, 2.24) is 4.90 Å². The average molecular weight is 432 g/mol. The minimum Gasteiger partial charge on any atom is -0.495 e. The van der Waals surface area contributed by atoms with E-state index in [0.717, 1.165) is 48.3 Å². The monoisotopic (exact) mass is 431 g/mol. The first-order valence-corrected chi connectivity index (χ1v) is 11.1. The van der Waals surface area contributed by atoms with Gasteiger partial charge in [0.1, 0.15) is 5.75 Å². The summed E-state index contributed by atoms with van der Waals surface area (Å²) in [5, 5.41) is 4.17. The zero-order valence-electron chi connectivity index (χ0n) is 18.4. The Hall–Kier alpha value is -3.05. The molecule has 1 aliphatic heterocycles. The molecule has 0 bridgehead atoms. The highest BCUT2D eigenvalue weighted by Crippen LogP contribution is 2.31. The maximum Gasteiger partial charge on any atom is 0.173 e. The van der Waals surface area contributed by atoms with Crippen LogP contribution in [0.4, 0.5) is 11.4 Å². The van der Waals surface area contributed by atoms with Crippen molar-refractivity contribution < 1.29 is 4.74 Å². The number of nitrogens with one attached hydrogen (secondary N) is 1. The second-order valence-corrected chi connectivity index (χ2v) is 8.36. The summed E-state index contributed by atoms with van der Waals surface area (Å²) < 4.78 is 5.57. The molecule has 1 aliphatic rings. The van der Waals surface area contributed by atoms with Gasteiger partial charge in [0.05, 0.1) is 12.8 Å². The van der Waals surface area contributed by atoms with Gasteiger partial charge in [0.2, 0.25) is 0 Å². The van der Waals surface area contributed by atoms with E-state index >= 15 is 0 Å². The standard InChI is InChI=1S/C26H29N3OS/c1-19-9-10-20(2)24(17-19)28-13-15-29(16-14-28)26(31)27-23-18-22(11-12-25(23)30-3)21-7-5-4-6-8-21/h4-12,17-18H,13-16H2,1-3H3,(H,27,31). The summed E-state index contributed by atoms with van der Waals surface area (Å²) >= 11 is 5.77. The van der Waals surface area contributed by atoms with Crippen molar-refractivity contribution in [3.05, 3.63) is 77.9 Å². The van der Waals surface area contributed by atoms with Gasteiger partial charge in [-0.05, 0) is 66.5 Å². The van der Waals surface area contributed by atoms with Gasteiger partial charge in [-0.15, -0.1) is 0 Å². The van der Waals surface area contributed by atoms with Crippen LogP contribution in [0.1, 0.15) is 11.1 Å². The molecule has 4 nitrogen and oxygen atoms in total. The zero-order valence-corrected chi connectivity index (χ0v) is 19.2. The molecule has 0 spiro atoms. The highest BCUT2D eigenvalue weighted by molar-refractivity contribution is 7.80. The average Bonchev–Trinajstić information content (AvgIpc) is 2.81. The molecular formula is C26H29N3OS. The molecule has 3 aromatic carbocycles. The summed E-state index contributed by atoms with van der Waals surface area (Å²) in [6.45, 7) is 8.01. The van der Waals surface area contributed by atoms with Gasteiger partial charge in [-0.1, -0.05) is 48.5 Å². The fraction of sp³-hybridized carbons (Fsp3) is 0.269. The van der Waals surface area contributed by atoms with Crippen LogP contribution in [-0.2, 0) is 0 Å². The Morgan fingerprint density at radius 1 is 0.871 bits per heavy atom. The summed E-state index contributed by atoms with van der Waals surface area (Å²) in [5.74, 6) is 0.788. The molecule has 160 valence electrons. The van der Waals surface area contributed by atoms with E-state index in [-0.39, 0.29) is 0 Å². The molecule has 0 amide bonds. The quantitative estimate of drug-likeness (QED) is 0.551. The fourth-order valence-corrected chi connectivity index (χ4v) is 4.31. The van der Waals surface area contributed by atoms with E-state index < -0.39 is 0 Å². The van der Waals surface area contributed by atoms with Crippen LogP contribution < -0.4 is 15.0 Å². The SMILES string of the molecule is COc1ccc(-c2ccccc2)cc1NC(=S)N1CCN(c2cc(C)ccc2C)CC1. The minimum absolute atomic E-state index is 0.740. The van der Waals surface area contributed by atoms with E-state index in [0.29, 0.717) is 0 Å². The molecule has 0 aliphatic carbocycles. The maximum absolute atomic E-state index is 5.77. The van der Waals surface area contributed by atoms with Crippen molar-refractivity contribution in [2.24, 2.45) is 0 Å². The van der Waals surface area contributed by atoms with Crippen LogP contribution in [-0.4, -0.2) is 43.3 Å². The van der Waals surface area contributed by atoms with Crippen molar-refractivity contribution in [2.75, 3.05) is 43.5 Å². The third-order valence-corrected chi connectivity index (χ3v) is 6.18. The molecule has 1 N–H and O–H groups in total. The number of thiocarbonyl (C=S) groups is 1. The number of ether oxygens (including phenoxy) is 1. The van der Waals surface area contributed by atoms with Crippen LogP contribution >= 0.6 is 12.2 Å². The number of benzene rings is 3. The van der Waals surface area contributed by atoms with Crippen LogP contribution in [0.5, 0.6) is 5.75 Å². The fourth-order valence-electron chi connectivity index (χ4n) is 4.02. The first-order chi connectivity index (χ1) is 15.0. The van der Waals surface area contributed by atoms with Gasteiger partial charge >= 0.3 is 0 Å². The van der Waals surface area contributed by atoms with E-state index in [1.165, 1.54) is 22.4 Å². The lowest BCUT2D eigenvalue weighted by Gasteiger charge is -2.38. The maximum atomic E-state index is 5.77. The van der Waals surface area contributed by atoms with Crippen LogP contribution in [0.3, 0.4) is 0 Å². The normalized spacial score (nSPS) is 13.8. The van der Waals surface area contributed by atoms with Crippen molar-refractivity contribution in [3.63, 3.8) is 0 Å². The Bertz CT molecular complexity index is 1060. The van der Waals surface area contributed by atoms with E-state index in [1.807, 2.05) is 24.3 Å². The van der Waals surface area contributed by atoms with Gasteiger partial charge in [0, 0.05) is 31.9 Å². The summed E-state index contributed by atoms with van der Waals surface area (Å²) in [5.41, 5.74) is 7.14. The van der Waals surface area contributed by atoms with E-state index in [9.17, 15) is 0 Å². The van der Waals surface area contributed by atoms with Crippen LogP contribution in [0.2, 0.25) is 0 Å². The number of hydrogen-bond donors (Lipinski definition) is 1. The third kappa shape index (κ3) is 4.83. The molecule has 0 aromatic heterocycles. The Kier molecular flexibility index (Phi) is 6.42. The number of aryl methyl sites for hydroxylation is 2. The van der Waals surface area contributed by atoms with E-state index in [2.05, 4.69) is 71.4 Å². The molecule has 1 heterocycles. The molecule has 4 rings (SSSR count). The van der Waals surface area contributed by atoms with Gasteiger partial charge in [-0.25, -0.2) is 0 Å². The lowest BCUT2D eigenvalue weighted by atomic mass is 10.0. The predicted molar refractivity (Wildman–Crippen MR) is 134 cm³/mol. The minimum atomic E-state index is 0.740. The lowest BCUT2D eigenvalue weighted by molar-refractivity contribution is 0.390. The summed E-state index contributed by atoms with van der Waals surface area (Å²) in [4.78, 5) is 4.70. The van der Waals surface area contributed by atoms with Crippen molar-refractivity contribution in [2.45, 2.75) is 13.8 Å². The second-order valence-electron chi connectivity index (χ2n) is 7.98. The molecule has 0 atom stereocenters. The summed E-state index contributed by atoms with van der Waals surface area (Å²) in [7, 11) is 1.69. The smallest absolute Gasteiger partial charge is 0.173 e. The van der Waals surface area contributed by atoms with Crippen LogP contribution in [0.15, 0.2) is 66.7 Å². The van der Waals surface area contributed by atoms with Gasteiger partial charge in [-0.3, -0.25) is 0 Å². The molecule has 1 fully saturated rings. The Morgan fingerprint density at radius 3 is 2.32 bits per heavy atom. The number of rotatable bonds is 4. The largest absolute Gasteiger partial charge is 0.495 e. The second kappa shape index (κ2) is 9.40. The van der Waals surface area contributed by atoms with Crippen LogP contribution in [0.25, 0.3) is 11.1 Å². The molecule has 5 heteroatoms. The Morgan fingerprint density at radius 2 is 1.61 bits per heavy atom. The van der Waals surface area contributed by atoms with Crippen molar-refractivity contribution in [1.29, 1.82) is 0 Å². The third-order valence-electron chi connectivity index (χ3n) is 5.82. The summed E-state index contributed by atoms with van der Waals surface area (Å²) in [6, 6.07) is 23.2. The lowest BCUT2D eigenvalue weighted by Crippen LogP contribution is -2.50. The van der Waals surface area contributed by atoms with Crippen molar-refractivity contribution in [3.8, 4) is 16.9 Å².